The highest BCUT2D eigenvalue weighted by atomic mass is 16.7. The monoisotopic (exact) mass is 275 g/mol. The first-order chi connectivity index (χ1) is 9.88. The molecule has 1 saturated heterocycles. The second-order valence-corrected chi connectivity index (χ2v) is 4.86. The lowest BCUT2D eigenvalue weighted by molar-refractivity contribution is -0.162. The average Bonchev–Trinajstić information content (AvgIpc) is 2.52. The number of nitrogens with zero attached hydrogens (tertiary/aromatic N) is 1. The van der Waals surface area contributed by atoms with E-state index in [-0.39, 0.29) is 6.29 Å². The first kappa shape index (κ1) is 14.8. The molecule has 1 heterocycles. The van der Waals surface area contributed by atoms with E-state index in [1.165, 1.54) is 6.42 Å². The molecule has 108 valence electrons. The van der Waals surface area contributed by atoms with Gasteiger partial charge in [0.25, 0.3) is 0 Å². The lowest BCUT2D eigenvalue weighted by Crippen LogP contribution is -2.22. The van der Waals surface area contributed by atoms with Crippen LogP contribution in [0.2, 0.25) is 0 Å². The van der Waals surface area contributed by atoms with Crippen molar-refractivity contribution in [1.82, 2.24) is 0 Å². The van der Waals surface area contributed by atoms with Gasteiger partial charge in [-0.1, -0.05) is 6.07 Å². The summed E-state index contributed by atoms with van der Waals surface area (Å²) in [6.45, 7) is 2.18. The number of unbranched alkanes of at least 4 members (excludes halogenated alkanes) is 1. The molecule has 2 rings (SSSR count). The van der Waals surface area contributed by atoms with E-state index in [4.69, 9.17) is 19.5 Å². The molecule has 1 aromatic rings. The fourth-order valence-corrected chi connectivity index (χ4v) is 2.11. The maximum Gasteiger partial charge on any atom is 0.157 e. The van der Waals surface area contributed by atoms with Crippen molar-refractivity contribution in [1.29, 1.82) is 5.26 Å². The first-order valence-electron chi connectivity index (χ1n) is 7.24. The van der Waals surface area contributed by atoms with Crippen molar-refractivity contribution < 1.29 is 14.2 Å². The van der Waals surface area contributed by atoms with Crippen LogP contribution >= 0.6 is 0 Å². The van der Waals surface area contributed by atoms with E-state index in [2.05, 4.69) is 6.07 Å². The van der Waals surface area contributed by atoms with Gasteiger partial charge in [0.2, 0.25) is 0 Å². The van der Waals surface area contributed by atoms with E-state index in [0.717, 1.165) is 38.0 Å². The van der Waals surface area contributed by atoms with E-state index in [0.29, 0.717) is 18.8 Å². The van der Waals surface area contributed by atoms with Gasteiger partial charge in [-0.25, -0.2) is 0 Å². The number of benzene rings is 1. The van der Waals surface area contributed by atoms with Crippen LogP contribution in [-0.4, -0.2) is 26.1 Å². The van der Waals surface area contributed by atoms with E-state index in [9.17, 15) is 0 Å². The minimum absolute atomic E-state index is 0.00280. The second kappa shape index (κ2) is 8.57. The number of nitriles is 1. The molecule has 0 radical (unpaired) electrons. The Bertz CT molecular complexity index is 436. The van der Waals surface area contributed by atoms with Crippen LogP contribution in [0.3, 0.4) is 0 Å². The highest BCUT2D eigenvalue weighted by molar-refractivity contribution is 5.36. The molecule has 0 aliphatic carbocycles. The zero-order valence-corrected chi connectivity index (χ0v) is 11.7. The summed E-state index contributed by atoms with van der Waals surface area (Å²) in [4.78, 5) is 0. The molecule has 0 N–H and O–H groups in total. The normalized spacial score (nSPS) is 18.4. The summed E-state index contributed by atoms with van der Waals surface area (Å²) in [6, 6.07) is 9.32. The Balaban J connectivity index is 1.54. The smallest absolute Gasteiger partial charge is 0.157 e. The Morgan fingerprint density at radius 1 is 1.25 bits per heavy atom. The molecule has 0 aromatic heterocycles. The molecular formula is C16H21NO3. The summed E-state index contributed by atoms with van der Waals surface area (Å²) in [5.74, 6) is 0.751. The predicted molar refractivity (Wildman–Crippen MR) is 75.4 cm³/mol. The highest BCUT2D eigenvalue weighted by Gasteiger charge is 2.13. The lowest BCUT2D eigenvalue weighted by atomic mass is 10.2. The van der Waals surface area contributed by atoms with E-state index >= 15 is 0 Å². The molecule has 1 fully saturated rings. The van der Waals surface area contributed by atoms with Gasteiger partial charge in [-0.05, 0) is 50.3 Å². The van der Waals surface area contributed by atoms with Crippen LogP contribution in [0.5, 0.6) is 5.75 Å². The molecule has 1 unspecified atom stereocenters. The van der Waals surface area contributed by atoms with Gasteiger partial charge < -0.3 is 14.2 Å². The Labute approximate surface area is 120 Å². The number of hydrogen-bond donors (Lipinski definition) is 0. The Morgan fingerprint density at radius 2 is 2.15 bits per heavy atom. The largest absolute Gasteiger partial charge is 0.494 e. The van der Waals surface area contributed by atoms with Gasteiger partial charge >= 0.3 is 0 Å². The quantitative estimate of drug-likeness (QED) is 0.717. The summed E-state index contributed by atoms with van der Waals surface area (Å²) < 4.78 is 16.7. The number of rotatable bonds is 7. The fourth-order valence-electron chi connectivity index (χ4n) is 2.11. The standard InChI is InChI=1S/C16H21NO3/c17-13-14-6-5-7-15(12-14)18-9-3-4-11-20-16-8-1-2-10-19-16/h5-7,12,16H,1-4,8-11H2. The molecule has 4 nitrogen and oxygen atoms in total. The maximum atomic E-state index is 8.79. The summed E-state index contributed by atoms with van der Waals surface area (Å²) in [6.07, 6.45) is 5.24. The first-order valence-corrected chi connectivity index (χ1v) is 7.24. The summed E-state index contributed by atoms with van der Waals surface area (Å²) in [5.41, 5.74) is 0.625. The zero-order chi connectivity index (χ0) is 14.0. The van der Waals surface area contributed by atoms with Gasteiger partial charge in [0, 0.05) is 13.2 Å². The van der Waals surface area contributed by atoms with E-state index < -0.39 is 0 Å². The van der Waals surface area contributed by atoms with Crippen molar-refractivity contribution >= 4 is 0 Å². The Hall–Kier alpha value is -1.57. The third-order valence-electron chi connectivity index (χ3n) is 3.21. The second-order valence-electron chi connectivity index (χ2n) is 4.86. The SMILES string of the molecule is N#Cc1cccc(OCCCCOC2CCCCO2)c1. The molecule has 0 saturated carbocycles. The zero-order valence-electron chi connectivity index (χ0n) is 11.7. The van der Waals surface area contributed by atoms with Crippen molar-refractivity contribution in [3.63, 3.8) is 0 Å². The van der Waals surface area contributed by atoms with E-state index in [1.54, 1.807) is 12.1 Å². The molecule has 20 heavy (non-hydrogen) atoms. The van der Waals surface area contributed by atoms with Crippen molar-refractivity contribution in [2.45, 2.75) is 38.4 Å². The van der Waals surface area contributed by atoms with Gasteiger partial charge in [0.1, 0.15) is 5.75 Å². The summed E-state index contributed by atoms with van der Waals surface area (Å²) >= 11 is 0. The average molecular weight is 275 g/mol. The molecule has 1 aromatic carbocycles. The van der Waals surface area contributed by atoms with Gasteiger partial charge in [-0.3, -0.25) is 0 Å². The van der Waals surface area contributed by atoms with Gasteiger partial charge in [-0.2, -0.15) is 5.26 Å². The highest BCUT2D eigenvalue weighted by Crippen LogP contribution is 2.15. The van der Waals surface area contributed by atoms with Crippen LogP contribution in [0.15, 0.2) is 24.3 Å². The van der Waals surface area contributed by atoms with Crippen LogP contribution in [0.1, 0.15) is 37.7 Å². The van der Waals surface area contributed by atoms with Crippen molar-refractivity contribution in [2.24, 2.45) is 0 Å². The van der Waals surface area contributed by atoms with Crippen LogP contribution in [0, 0.1) is 11.3 Å². The predicted octanol–water partition coefficient (Wildman–Crippen LogP) is 3.26. The maximum absolute atomic E-state index is 8.79. The summed E-state index contributed by atoms with van der Waals surface area (Å²) in [5, 5.41) is 8.79. The Kier molecular flexibility index (Phi) is 6.36. The molecule has 1 aliphatic heterocycles. The topological polar surface area (TPSA) is 51.5 Å². The molecule has 4 heteroatoms. The van der Waals surface area contributed by atoms with Gasteiger partial charge in [0.15, 0.2) is 6.29 Å². The molecule has 1 aliphatic rings. The van der Waals surface area contributed by atoms with Gasteiger partial charge in [-0.15, -0.1) is 0 Å². The van der Waals surface area contributed by atoms with Crippen LogP contribution in [0.25, 0.3) is 0 Å². The van der Waals surface area contributed by atoms with Crippen LogP contribution < -0.4 is 4.74 Å². The number of ether oxygens (including phenoxy) is 3. The van der Waals surface area contributed by atoms with E-state index in [1.807, 2.05) is 12.1 Å². The molecular weight excluding hydrogens is 254 g/mol. The molecule has 1 atom stereocenters. The molecule has 0 spiro atoms. The van der Waals surface area contributed by atoms with Crippen molar-refractivity contribution in [2.75, 3.05) is 19.8 Å². The molecule has 0 amide bonds. The molecule has 0 bridgehead atoms. The van der Waals surface area contributed by atoms with Crippen molar-refractivity contribution in [3.8, 4) is 11.8 Å². The van der Waals surface area contributed by atoms with Crippen LogP contribution in [-0.2, 0) is 9.47 Å². The summed E-state index contributed by atoms with van der Waals surface area (Å²) in [7, 11) is 0. The minimum Gasteiger partial charge on any atom is -0.494 e. The lowest BCUT2D eigenvalue weighted by Gasteiger charge is -2.22. The third-order valence-corrected chi connectivity index (χ3v) is 3.21. The van der Waals surface area contributed by atoms with Crippen molar-refractivity contribution in [3.05, 3.63) is 29.8 Å². The van der Waals surface area contributed by atoms with Gasteiger partial charge in [0.05, 0.1) is 18.2 Å². The van der Waals surface area contributed by atoms with Crippen LogP contribution in [0.4, 0.5) is 0 Å². The minimum atomic E-state index is -0.00280. The number of hydrogen-bond acceptors (Lipinski definition) is 4. The third kappa shape index (κ3) is 5.20. The Morgan fingerprint density at radius 3 is 2.95 bits per heavy atom. The fraction of sp³-hybridized carbons (Fsp3) is 0.562.